The molecule has 26 heavy (non-hydrogen) atoms. The van der Waals surface area contributed by atoms with Crippen molar-refractivity contribution in [1.29, 1.82) is 0 Å². The molecule has 1 heterocycles. The lowest BCUT2D eigenvalue weighted by Crippen LogP contribution is -2.43. The fourth-order valence-electron chi connectivity index (χ4n) is 2.91. The Morgan fingerprint density at radius 2 is 1.85 bits per heavy atom. The van der Waals surface area contributed by atoms with Gasteiger partial charge in [0.15, 0.2) is 28.1 Å². The highest BCUT2D eigenvalue weighted by Gasteiger charge is 2.35. The molecule has 138 valence electrons. The number of carbonyl (C=O) groups excluding carboxylic acids is 1. The van der Waals surface area contributed by atoms with Crippen LogP contribution in [-0.2, 0) is 14.6 Å². The summed E-state index contributed by atoms with van der Waals surface area (Å²) in [5.41, 5.74) is 0.563. The monoisotopic (exact) mass is 381 g/mol. The van der Waals surface area contributed by atoms with Crippen molar-refractivity contribution in [1.82, 2.24) is 0 Å². The fourth-order valence-corrected chi connectivity index (χ4v) is 4.61. The van der Waals surface area contributed by atoms with E-state index < -0.39 is 40.0 Å². The summed E-state index contributed by atoms with van der Waals surface area (Å²) >= 11 is 0. The van der Waals surface area contributed by atoms with Gasteiger partial charge in [-0.3, -0.25) is 4.79 Å². The van der Waals surface area contributed by atoms with Crippen LogP contribution in [0.5, 0.6) is 5.75 Å². The summed E-state index contributed by atoms with van der Waals surface area (Å²) in [6.45, 7) is -0.420. The van der Waals surface area contributed by atoms with Gasteiger partial charge in [0.05, 0.1) is 17.5 Å². The minimum absolute atomic E-state index is 0.0179. The van der Waals surface area contributed by atoms with Crippen molar-refractivity contribution < 1.29 is 26.7 Å². The summed E-state index contributed by atoms with van der Waals surface area (Å²) in [5, 5.41) is 0. The maximum absolute atomic E-state index is 13.2. The summed E-state index contributed by atoms with van der Waals surface area (Å²) in [6.07, 6.45) is 0.341. The number of hydrogen-bond donors (Lipinski definition) is 0. The van der Waals surface area contributed by atoms with E-state index in [1.54, 1.807) is 30.3 Å². The third kappa shape index (κ3) is 4.19. The van der Waals surface area contributed by atoms with E-state index in [0.717, 1.165) is 12.1 Å². The second-order valence-corrected chi connectivity index (χ2v) is 8.25. The Hall–Kier alpha value is -2.48. The highest BCUT2D eigenvalue weighted by atomic mass is 32.2. The summed E-state index contributed by atoms with van der Waals surface area (Å²) < 4.78 is 55.1. The van der Waals surface area contributed by atoms with Gasteiger partial charge in [0, 0.05) is 11.8 Å². The van der Waals surface area contributed by atoms with Gasteiger partial charge in [-0.05, 0) is 30.7 Å². The first-order chi connectivity index (χ1) is 12.4. The van der Waals surface area contributed by atoms with E-state index in [4.69, 9.17) is 4.74 Å². The van der Waals surface area contributed by atoms with Crippen molar-refractivity contribution in [3.63, 3.8) is 0 Å². The van der Waals surface area contributed by atoms with Gasteiger partial charge >= 0.3 is 0 Å². The minimum atomic E-state index is -3.19. The number of para-hydroxylation sites is 1. The number of benzene rings is 2. The number of carbonyl (C=O) groups is 1. The van der Waals surface area contributed by atoms with Crippen molar-refractivity contribution in [3.05, 3.63) is 60.2 Å². The van der Waals surface area contributed by atoms with Crippen LogP contribution in [0.3, 0.4) is 0 Å². The Morgan fingerprint density at radius 1 is 1.12 bits per heavy atom. The van der Waals surface area contributed by atoms with E-state index in [1.807, 2.05) is 0 Å². The molecule has 8 heteroatoms. The number of amides is 1. The summed E-state index contributed by atoms with van der Waals surface area (Å²) in [4.78, 5) is 14.1. The van der Waals surface area contributed by atoms with E-state index in [0.29, 0.717) is 12.1 Å². The quantitative estimate of drug-likeness (QED) is 0.799. The number of halogens is 2. The topological polar surface area (TPSA) is 63.7 Å². The zero-order chi connectivity index (χ0) is 18.7. The largest absolute Gasteiger partial charge is 0.484 e. The van der Waals surface area contributed by atoms with Crippen LogP contribution in [0.4, 0.5) is 14.5 Å². The van der Waals surface area contributed by atoms with Crippen molar-refractivity contribution in [3.8, 4) is 5.75 Å². The molecule has 3 rings (SSSR count). The molecule has 1 aliphatic heterocycles. The van der Waals surface area contributed by atoms with Gasteiger partial charge in [-0.25, -0.2) is 17.2 Å². The first kappa shape index (κ1) is 18.3. The Bertz CT molecular complexity index is 903. The van der Waals surface area contributed by atoms with E-state index in [1.165, 1.54) is 11.0 Å². The van der Waals surface area contributed by atoms with Crippen molar-refractivity contribution >= 4 is 21.4 Å². The van der Waals surface area contributed by atoms with Crippen LogP contribution >= 0.6 is 0 Å². The van der Waals surface area contributed by atoms with Gasteiger partial charge in [-0.1, -0.05) is 18.2 Å². The minimum Gasteiger partial charge on any atom is -0.484 e. The number of ether oxygens (including phenoxy) is 1. The first-order valence-corrected chi connectivity index (χ1v) is 9.83. The van der Waals surface area contributed by atoms with Gasteiger partial charge in [0.25, 0.3) is 5.91 Å². The molecule has 1 saturated heterocycles. The molecule has 1 amide bonds. The fraction of sp³-hybridized carbons (Fsp3) is 0.278. The molecule has 2 aromatic rings. The lowest BCUT2D eigenvalue weighted by molar-refractivity contribution is -0.121. The van der Waals surface area contributed by atoms with Gasteiger partial charge in [-0.2, -0.15) is 0 Å². The van der Waals surface area contributed by atoms with Crippen molar-refractivity contribution in [2.24, 2.45) is 0 Å². The molecule has 0 unspecified atom stereocenters. The molecular formula is C18H17F2NO4S. The van der Waals surface area contributed by atoms with Crippen LogP contribution < -0.4 is 9.64 Å². The van der Waals surface area contributed by atoms with Gasteiger partial charge in [0.1, 0.15) is 5.75 Å². The van der Waals surface area contributed by atoms with E-state index in [2.05, 4.69) is 0 Å². The molecule has 1 aliphatic rings. The van der Waals surface area contributed by atoms with Crippen LogP contribution in [0.2, 0.25) is 0 Å². The van der Waals surface area contributed by atoms with Gasteiger partial charge in [0.2, 0.25) is 0 Å². The summed E-state index contributed by atoms with van der Waals surface area (Å²) in [5.74, 6) is -2.60. The molecule has 0 saturated carbocycles. The average Bonchev–Trinajstić information content (AvgIpc) is 2.96. The number of hydrogen-bond acceptors (Lipinski definition) is 4. The second kappa shape index (κ2) is 7.41. The maximum Gasteiger partial charge on any atom is 0.265 e. The number of nitrogens with zero attached hydrogens (tertiary/aromatic N) is 1. The molecule has 5 nitrogen and oxygen atoms in total. The lowest BCUT2D eigenvalue weighted by atomic mass is 10.2. The first-order valence-electron chi connectivity index (χ1n) is 8.01. The molecule has 0 aliphatic carbocycles. The van der Waals surface area contributed by atoms with E-state index in [9.17, 15) is 22.0 Å². The third-order valence-corrected chi connectivity index (χ3v) is 5.88. The standard InChI is InChI=1S/C18H17F2NO4S/c19-16-7-6-15(10-17(16)20)25-11-18(22)21(13-4-2-1-3-5-13)14-8-9-26(23,24)12-14/h1-7,10,14H,8-9,11-12H2/t14-/m0/s1. The zero-order valence-electron chi connectivity index (χ0n) is 13.8. The Balaban J connectivity index is 1.78. The molecule has 0 aromatic heterocycles. The summed E-state index contributed by atoms with van der Waals surface area (Å²) in [7, 11) is -3.19. The molecule has 1 atom stereocenters. The predicted molar refractivity (Wildman–Crippen MR) is 92.8 cm³/mol. The molecular weight excluding hydrogens is 364 g/mol. The van der Waals surface area contributed by atoms with Crippen LogP contribution in [0.1, 0.15) is 6.42 Å². The van der Waals surface area contributed by atoms with Crippen LogP contribution in [0, 0.1) is 11.6 Å². The smallest absolute Gasteiger partial charge is 0.265 e. The number of rotatable bonds is 5. The summed E-state index contributed by atoms with van der Waals surface area (Å²) in [6, 6.07) is 11.2. The van der Waals surface area contributed by atoms with E-state index in [-0.39, 0.29) is 17.3 Å². The Morgan fingerprint density at radius 3 is 2.46 bits per heavy atom. The Kier molecular flexibility index (Phi) is 5.22. The molecule has 0 N–H and O–H groups in total. The highest BCUT2D eigenvalue weighted by molar-refractivity contribution is 7.91. The van der Waals surface area contributed by atoms with Crippen LogP contribution in [-0.4, -0.2) is 38.5 Å². The molecule has 0 spiro atoms. The van der Waals surface area contributed by atoms with Crippen LogP contribution in [0.15, 0.2) is 48.5 Å². The van der Waals surface area contributed by atoms with E-state index >= 15 is 0 Å². The highest BCUT2D eigenvalue weighted by Crippen LogP contribution is 2.25. The predicted octanol–water partition coefficient (Wildman–Crippen LogP) is 2.56. The van der Waals surface area contributed by atoms with Crippen molar-refractivity contribution in [2.45, 2.75) is 12.5 Å². The third-order valence-electron chi connectivity index (χ3n) is 4.13. The van der Waals surface area contributed by atoms with Gasteiger partial charge < -0.3 is 9.64 Å². The molecule has 0 bridgehead atoms. The zero-order valence-corrected chi connectivity index (χ0v) is 14.6. The second-order valence-electron chi connectivity index (χ2n) is 6.02. The lowest BCUT2D eigenvalue weighted by Gasteiger charge is -2.28. The number of sulfone groups is 1. The van der Waals surface area contributed by atoms with Gasteiger partial charge in [-0.15, -0.1) is 0 Å². The maximum atomic E-state index is 13.2. The molecule has 0 radical (unpaired) electrons. The Labute approximate surface area is 150 Å². The number of anilines is 1. The van der Waals surface area contributed by atoms with Crippen LogP contribution in [0.25, 0.3) is 0 Å². The SMILES string of the molecule is O=C(COc1ccc(F)c(F)c1)N(c1ccccc1)[C@H]1CCS(=O)(=O)C1. The van der Waals surface area contributed by atoms with Crippen molar-refractivity contribution in [2.75, 3.05) is 23.0 Å². The average molecular weight is 381 g/mol. The molecule has 2 aromatic carbocycles. The molecule has 1 fully saturated rings. The normalized spacial score (nSPS) is 18.5.